The van der Waals surface area contributed by atoms with Crippen molar-refractivity contribution in [3.63, 3.8) is 0 Å². The van der Waals surface area contributed by atoms with Crippen LogP contribution >= 0.6 is 0 Å². The van der Waals surface area contributed by atoms with Crippen molar-refractivity contribution in [1.29, 1.82) is 0 Å². The maximum Gasteiger partial charge on any atom is 0.245 e. The van der Waals surface area contributed by atoms with Crippen molar-refractivity contribution in [3.8, 4) is 5.75 Å². The highest BCUT2D eigenvalue weighted by Gasteiger charge is 2.51. The van der Waals surface area contributed by atoms with E-state index in [-0.39, 0.29) is 31.9 Å². The molecule has 2 aromatic rings. The Balaban J connectivity index is 1.54. The maximum absolute atomic E-state index is 13.3. The monoisotopic (exact) mass is 507 g/mol. The molecule has 3 atom stereocenters. The lowest BCUT2D eigenvalue weighted by molar-refractivity contribution is -0.134. The number of fused-ring (bicyclic) bond motifs is 15. The molecular formula is C27H33N5O5. The summed E-state index contributed by atoms with van der Waals surface area (Å²) in [6.07, 6.45) is 1.50. The molecule has 1 fully saturated rings. The Bertz CT molecular complexity index is 1130. The second-order valence-corrected chi connectivity index (χ2v) is 9.61. The van der Waals surface area contributed by atoms with Crippen molar-refractivity contribution in [2.75, 3.05) is 13.2 Å². The zero-order valence-corrected chi connectivity index (χ0v) is 20.8. The number of hydrogen-bond donors (Lipinski definition) is 5. The van der Waals surface area contributed by atoms with Crippen LogP contribution in [0.4, 0.5) is 0 Å². The molecule has 0 aromatic heterocycles. The largest absolute Gasteiger partial charge is 0.492 e. The lowest BCUT2D eigenvalue weighted by Crippen LogP contribution is -2.58. The molecule has 2 heterocycles. The third kappa shape index (κ3) is 6.85. The summed E-state index contributed by atoms with van der Waals surface area (Å²) in [5.74, 6) is -1.13. The minimum atomic E-state index is -1.01. The molecule has 1 aliphatic carbocycles. The summed E-state index contributed by atoms with van der Waals surface area (Å²) >= 11 is 0. The van der Waals surface area contributed by atoms with Crippen molar-refractivity contribution in [2.24, 2.45) is 5.73 Å². The highest BCUT2D eigenvalue weighted by molar-refractivity contribution is 5.97. The van der Waals surface area contributed by atoms with Gasteiger partial charge in [0.1, 0.15) is 30.0 Å². The standard InChI is InChI=1S/C27H33N5O5/c1-17-23(33)31-22(16-18-5-3-2-4-6-18)25(35)32-27(11-12-27)26(36)29-13-14-37-20-9-7-19(8-10-20)15-21(28)24(34)30-17/h2-10,17,21-22H,11-16,28H2,1H3,(H,29,36)(H,30,34)(H,31,33)(H,32,35)/t17-,21-,22+/m0/s1. The fourth-order valence-electron chi connectivity index (χ4n) is 4.17. The lowest BCUT2D eigenvalue weighted by atomic mass is 10.0. The molecule has 2 bridgehead atoms. The zero-order valence-electron chi connectivity index (χ0n) is 20.8. The molecule has 196 valence electrons. The van der Waals surface area contributed by atoms with Gasteiger partial charge < -0.3 is 31.7 Å². The Morgan fingerprint density at radius 3 is 2.30 bits per heavy atom. The molecule has 0 unspecified atom stereocenters. The number of ether oxygens (including phenoxy) is 1. The number of carbonyl (C=O) groups is 4. The minimum Gasteiger partial charge on any atom is -0.492 e. The Hall–Kier alpha value is -3.92. The van der Waals surface area contributed by atoms with E-state index in [1.54, 1.807) is 12.1 Å². The van der Waals surface area contributed by atoms with Crippen LogP contribution in [0, 0.1) is 0 Å². The highest BCUT2D eigenvalue weighted by Crippen LogP contribution is 2.35. The van der Waals surface area contributed by atoms with Crippen LogP contribution in [-0.4, -0.2) is 60.4 Å². The molecule has 5 rings (SSSR count). The summed E-state index contributed by atoms with van der Waals surface area (Å²) in [6, 6.07) is 13.7. The fraction of sp³-hybridized carbons (Fsp3) is 0.407. The normalized spacial score (nSPS) is 24.8. The first-order chi connectivity index (χ1) is 17.8. The Kier molecular flexibility index (Phi) is 8.08. The van der Waals surface area contributed by atoms with Gasteiger partial charge in [-0.25, -0.2) is 0 Å². The van der Waals surface area contributed by atoms with Gasteiger partial charge in [-0.2, -0.15) is 0 Å². The molecule has 4 amide bonds. The van der Waals surface area contributed by atoms with E-state index in [0.29, 0.717) is 18.6 Å². The van der Waals surface area contributed by atoms with Crippen LogP contribution in [0.2, 0.25) is 0 Å². The fourth-order valence-corrected chi connectivity index (χ4v) is 4.17. The Labute approximate surface area is 215 Å². The van der Waals surface area contributed by atoms with Crippen molar-refractivity contribution in [2.45, 2.75) is 56.3 Å². The third-order valence-electron chi connectivity index (χ3n) is 6.59. The second-order valence-electron chi connectivity index (χ2n) is 9.61. The average Bonchev–Trinajstić information content (AvgIpc) is 3.67. The van der Waals surface area contributed by atoms with Crippen LogP contribution in [-0.2, 0) is 32.0 Å². The molecule has 0 saturated heterocycles. The molecule has 1 saturated carbocycles. The molecule has 2 aromatic carbocycles. The molecule has 6 N–H and O–H groups in total. The van der Waals surface area contributed by atoms with E-state index in [9.17, 15) is 19.2 Å². The summed E-state index contributed by atoms with van der Waals surface area (Å²) in [4.78, 5) is 51.8. The number of nitrogens with one attached hydrogen (secondary N) is 4. The van der Waals surface area contributed by atoms with E-state index >= 15 is 0 Å². The predicted octanol–water partition coefficient (Wildman–Crippen LogP) is -0.0540. The number of benzene rings is 2. The highest BCUT2D eigenvalue weighted by atomic mass is 16.5. The van der Waals surface area contributed by atoms with Gasteiger partial charge in [-0.05, 0) is 49.4 Å². The first-order valence-electron chi connectivity index (χ1n) is 12.5. The molecule has 3 aliphatic rings. The van der Waals surface area contributed by atoms with Gasteiger partial charge in [0.15, 0.2) is 0 Å². The van der Waals surface area contributed by atoms with E-state index < -0.39 is 41.4 Å². The van der Waals surface area contributed by atoms with Crippen molar-refractivity contribution >= 4 is 23.6 Å². The van der Waals surface area contributed by atoms with Gasteiger partial charge in [-0.1, -0.05) is 42.5 Å². The van der Waals surface area contributed by atoms with Crippen molar-refractivity contribution < 1.29 is 23.9 Å². The van der Waals surface area contributed by atoms with Gasteiger partial charge in [0, 0.05) is 6.42 Å². The van der Waals surface area contributed by atoms with E-state index in [4.69, 9.17) is 10.5 Å². The minimum absolute atomic E-state index is 0.222. The molecule has 10 nitrogen and oxygen atoms in total. The predicted molar refractivity (Wildman–Crippen MR) is 136 cm³/mol. The van der Waals surface area contributed by atoms with Crippen LogP contribution < -0.4 is 31.7 Å². The van der Waals surface area contributed by atoms with E-state index in [0.717, 1.165) is 11.1 Å². The topological polar surface area (TPSA) is 152 Å². The Morgan fingerprint density at radius 2 is 1.62 bits per heavy atom. The molecule has 2 aliphatic heterocycles. The maximum atomic E-state index is 13.3. The summed E-state index contributed by atoms with van der Waals surface area (Å²) in [6.45, 7) is 2.05. The molecule has 10 heteroatoms. The van der Waals surface area contributed by atoms with Gasteiger partial charge >= 0.3 is 0 Å². The third-order valence-corrected chi connectivity index (χ3v) is 6.59. The van der Waals surface area contributed by atoms with Crippen molar-refractivity contribution in [3.05, 3.63) is 65.7 Å². The van der Waals surface area contributed by atoms with Gasteiger partial charge in [0.05, 0.1) is 12.6 Å². The molecular weight excluding hydrogens is 474 g/mol. The van der Waals surface area contributed by atoms with Crippen LogP contribution in [0.5, 0.6) is 5.75 Å². The van der Waals surface area contributed by atoms with Gasteiger partial charge in [0.2, 0.25) is 23.6 Å². The molecule has 37 heavy (non-hydrogen) atoms. The summed E-state index contributed by atoms with van der Waals surface area (Å²) in [5, 5.41) is 11.0. The Morgan fingerprint density at radius 1 is 0.919 bits per heavy atom. The smallest absolute Gasteiger partial charge is 0.245 e. The first-order valence-corrected chi connectivity index (χ1v) is 12.5. The number of amides is 4. The lowest BCUT2D eigenvalue weighted by Gasteiger charge is -2.25. The van der Waals surface area contributed by atoms with Gasteiger partial charge in [0.25, 0.3) is 0 Å². The zero-order chi connectivity index (χ0) is 26.4. The second kappa shape index (κ2) is 11.4. The average molecular weight is 508 g/mol. The van der Waals surface area contributed by atoms with Crippen molar-refractivity contribution in [1.82, 2.24) is 21.3 Å². The number of carbonyl (C=O) groups excluding carboxylic acids is 4. The summed E-state index contributed by atoms with van der Waals surface area (Å²) in [5.41, 5.74) is 6.76. The van der Waals surface area contributed by atoms with Crippen LogP contribution in [0.1, 0.15) is 30.9 Å². The molecule has 0 radical (unpaired) electrons. The quantitative estimate of drug-likeness (QED) is 0.360. The van der Waals surface area contributed by atoms with Gasteiger partial charge in [-0.15, -0.1) is 0 Å². The van der Waals surface area contributed by atoms with Crippen LogP contribution in [0.15, 0.2) is 54.6 Å². The first kappa shape index (κ1) is 26.2. The van der Waals surface area contributed by atoms with Crippen LogP contribution in [0.25, 0.3) is 0 Å². The summed E-state index contributed by atoms with van der Waals surface area (Å²) < 4.78 is 5.70. The number of rotatable bonds is 2. The van der Waals surface area contributed by atoms with E-state index in [1.807, 2.05) is 42.5 Å². The van der Waals surface area contributed by atoms with E-state index in [2.05, 4.69) is 21.3 Å². The number of nitrogens with two attached hydrogens (primary N) is 1. The number of hydrogen-bond acceptors (Lipinski definition) is 6. The van der Waals surface area contributed by atoms with Crippen LogP contribution in [0.3, 0.4) is 0 Å². The SMILES string of the molecule is C[C@@H]1NC(=O)[C@@H](N)Cc2ccc(cc2)OCCNC(=O)C2(CC2)NC(=O)[C@@H](Cc2ccccc2)NC1=O. The van der Waals surface area contributed by atoms with Gasteiger partial charge in [-0.3, -0.25) is 19.2 Å². The molecule has 1 spiro atoms. The van der Waals surface area contributed by atoms with E-state index in [1.165, 1.54) is 6.92 Å². The summed E-state index contributed by atoms with van der Waals surface area (Å²) in [7, 11) is 0.